The highest BCUT2D eigenvalue weighted by atomic mass is 19.1. The second-order valence-electron chi connectivity index (χ2n) is 10.8. The molecular formula is C29H34FN3O4. The number of halogens is 1. The lowest BCUT2D eigenvalue weighted by molar-refractivity contribution is -0.121. The van der Waals surface area contributed by atoms with E-state index in [4.69, 9.17) is 14.0 Å². The van der Waals surface area contributed by atoms with Crippen molar-refractivity contribution in [1.29, 1.82) is 0 Å². The van der Waals surface area contributed by atoms with Crippen LogP contribution in [0.2, 0.25) is 0 Å². The van der Waals surface area contributed by atoms with Crippen LogP contribution in [0, 0.1) is 11.7 Å². The Morgan fingerprint density at radius 2 is 1.81 bits per heavy atom. The quantitative estimate of drug-likeness (QED) is 0.475. The maximum Gasteiger partial charge on any atom is 0.231 e. The van der Waals surface area contributed by atoms with E-state index < -0.39 is 0 Å². The van der Waals surface area contributed by atoms with E-state index in [1.807, 2.05) is 18.2 Å². The van der Waals surface area contributed by atoms with Crippen molar-refractivity contribution in [3.8, 4) is 11.5 Å². The maximum absolute atomic E-state index is 13.5. The molecule has 0 radical (unpaired) electrons. The van der Waals surface area contributed by atoms with Crippen LogP contribution in [0.3, 0.4) is 0 Å². The van der Waals surface area contributed by atoms with Gasteiger partial charge in [0.25, 0.3) is 0 Å². The Hall–Kier alpha value is -3.13. The Bertz CT molecular complexity index is 1250. The van der Waals surface area contributed by atoms with E-state index in [0.29, 0.717) is 17.9 Å². The molecule has 2 aromatic carbocycles. The van der Waals surface area contributed by atoms with Crippen LogP contribution in [0.25, 0.3) is 11.0 Å². The first kappa shape index (κ1) is 24.2. The topological polar surface area (TPSA) is 76.8 Å². The fourth-order valence-corrected chi connectivity index (χ4v) is 6.13. The molecule has 3 aliphatic rings. The zero-order valence-corrected chi connectivity index (χ0v) is 21.1. The first-order valence-electron chi connectivity index (χ1n) is 13.6. The van der Waals surface area contributed by atoms with Gasteiger partial charge in [-0.05, 0) is 100 Å². The Morgan fingerprint density at radius 3 is 2.65 bits per heavy atom. The van der Waals surface area contributed by atoms with E-state index in [2.05, 4.69) is 15.4 Å². The lowest BCUT2D eigenvalue weighted by atomic mass is 9.83. The summed E-state index contributed by atoms with van der Waals surface area (Å²) in [4.78, 5) is 15.1. The SMILES string of the molecule is O=C(Cc1ccc2c(c1)OCO2)NC1CCC(CCN2CCC(c3noc4cc(F)ccc34)CC2)CC1. The molecule has 3 aromatic rings. The molecule has 7 nitrogen and oxygen atoms in total. The molecule has 1 saturated heterocycles. The third-order valence-electron chi connectivity index (χ3n) is 8.30. The fourth-order valence-electron chi connectivity index (χ4n) is 6.13. The van der Waals surface area contributed by atoms with E-state index in [9.17, 15) is 9.18 Å². The third kappa shape index (κ3) is 5.59. The van der Waals surface area contributed by atoms with E-state index in [-0.39, 0.29) is 24.6 Å². The second kappa shape index (κ2) is 10.7. The van der Waals surface area contributed by atoms with Gasteiger partial charge in [0.15, 0.2) is 17.1 Å². The Labute approximate surface area is 216 Å². The molecule has 8 heteroatoms. The van der Waals surface area contributed by atoms with Crippen molar-refractivity contribution in [2.24, 2.45) is 5.92 Å². The normalized spacial score (nSPS) is 22.4. The van der Waals surface area contributed by atoms with Crippen LogP contribution < -0.4 is 14.8 Å². The van der Waals surface area contributed by atoms with Crippen LogP contribution in [0.4, 0.5) is 4.39 Å². The zero-order valence-electron chi connectivity index (χ0n) is 21.1. The smallest absolute Gasteiger partial charge is 0.231 e. The molecule has 1 saturated carbocycles. The van der Waals surface area contributed by atoms with Gasteiger partial charge in [-0.2, -0.15) is 0 Å². The van der Waals surface area contributed by atoms with Crippen molar-refractivity contribution < 1.29 is 23.2 Å². The molecule has 0 atom stereocenters. The Morgan fingerprint density at radius 1 is 1.00 bits per heavy atom. The number of amides is 1. The molecule has 1 amide bonds. The zero-order chi connectivity index (χ0) is 25.2. The summed E-state index contributed by atoms with van der Waals surface area (Å²) < 4.78 is 29.6. The van der Waals surface area contributed by atoms with Crippen LogP contribution in [-0.4, -0.2) is 48.4 Å². The molecule has 0 spiro atoms. The lowest BCUT2D eigenvalue weighted by Gasteiger charge is -2.34. The number of hydrogen-bond acceptors (Lipinski definition) is 6. The van der Waals surface area contributed by atoms with Gasteiger partial charge >= 0.3 is 0 Å². The summed E-state index contributed by atoms with van der Waals surface area (Å²) >= 11 is 0. The molecule has 1 aromatic heterocycles. The van der Waals surface area contributed by atoms with Gasteiger partial charge in [-0.1, -0.05) is 11.2 Å². The van der Waals surface area contributed by atoms with E-state index >= 15 is 0 Å². The first-order chi connectivity index (χ1) is 18.1. The summed E-state index contributed by atoms with van der Waals surface area (Å²) in [6.07, 6.45) is 8.16. The monoisotopic (exact) mass is 507 g/mol. The number of carbonyl (C=O) groups is 1. The van der Waals surface area contributed by atoms with E-state index in [0.717, 1.165) is 79.4 Å². The number of aromatic nitrogens is 1. The van der Waals surface area contributed by atoms with Crippen molar-refractivity contribution in [3.63, 3.8) is 0 Å². The van der Waals surface area contributed by atoms with Crippen LogP contribution in [0.5, 0.6) is 11.5 Å². The minimum atomic E-state index is -0.289. The van der Waals surface area contributed by atoms with Gasteiger partial charge < -0.3 is 24.2 Å². The molecule has 6 rings (SSSR count). The number of nitrogens with zero attached hydrogens (tertiary/aromatic N) is 2. The minimum absolute atomic E-state index is 0.0789. The second-order valence-corrected chi connectivity index (χ2v) is 10.8. The summed E-state index contributed by atoms with van der Waals surface area (Å²) in [5.41, 5.74) is 2.47. The first-order valence-corrected chi connectivity index (χ1v) is 13.6. The molecule has 2 aliphatic heterocycles. The molecule has 1 aliphatic carbocycles. The summed E-state index contributed by atoms with van der Waals surface area (Å²) in [6.45, 7) is 3.50. The van der Waals surface area contributed by atoms with Crippen LogP contribution in [-0.2, 0) is 11.2 Å². The molecule has 0 bridgehead atoms. The number of carbonyl (C=O) groups excluding carboxylic acids is 1. The van der Waals surface area contributed by atoms with Gasteiger partial charge in [0.2, 0.25) is 12.7 Å². The number of fused-ring (bicyclic) bond motifs is 2. The minimum Gasteiger partial charge on any atom is -0.454 e. The van der Waals surface area contributed by atoms with Crippen molar-refractivity contribution in [2.45, 2.75) is 63.3 Å². The number of nitrogens with one attached hydrogen (secondary N) is 1. The summed E-state index contributed by atoms with van der Waals surface area (Å²) in [7, 11) is 0. The van der Waals surface area contributed by atoms with Gasteiger partial charge in [-0.15, -0.1) is 0 Å². The predicted octanol–water partition coefficient (Wildman–Crippen LogP) is 5.18. The van der Waals surface area contributed by atoms with Crippen LogP contribution in [0.1, 0.15) is 62.1 Å². The van der Waals surface area contributed by atoms with Gasteiger partial charge in [0.05, 0.1) is 12.1 Å². The van der Waals surface area contributed by atoms with Crippen LogP contribution in [0.15, 0.2) is 40.9 Å². The van der Waals surface area contributed by atoms with E-state index in [1.165, 1.54) is 31.4 Å². The molecule has 2 fully saturated rings. The molecule has 1 N–H and O–H groups in total. The summed E-state index contributed by atoms with van der Waals surface area (Å²) in [5.74, 6) is 2.36. The van der Waals surface area contributed by atoms with Crippen molar-refractivity contribution in [2.75, 3.05) is 26.4 Å². The Balaban J connectivity index is 0.900. The van der Waals surface area contributed by atoms with Crippen molar-refractivity contribution in [3.05, 3.63) is 53.5 Å². The number of benzene rings is 2. The fraction of sp³-hybridized carbons (Fsp3) is 0.517. The number of piperidine rings is 1. The highest BCUT2D eigenvalue weighted by molar-refractivity contribution is 5.80. The van der Waals surface area contributed by atoms with Crippen LogP contribution >= 0.6 is 0 Å². The molecular weight excluding hydrogens is 473 g/mol. The van der Waals surface area contributed by atoms with Crippen molar-refractivity contribution >= 4 is 16.9 Å². The highest BCUT2D eigenvalue weighted by Gasteiger charge is 2.27. The largest absolute Gasteiger partial charge is 0.454 e. The number of rotatable bonds is 7. The summed E-state index contributed by atoms with van der Waals surface area (Å²) in [6, 6.07) is 10.7. The average Bonchev–Trinajstić information content (AvgIpc) is 3.55. The Kier molecular flexibility index (Phi) is 7.00. The third-order valence-corrected chi connectivity index (χ3v) is 8.30. The van der Waals surface area contributed by atoms with Gasteiger partial charge in [0.1, 0.15) is 5.82 Å². The number of ether oxygens (including phenoxy) is 2. The van der Waals surface area contributed by atoms with E-state index in [1.54, 1.807) is 6.07 Å². The molecule has 0 unspecified atom stereocenters. The maximum atomic E-state index is 13.5. The van der Waals surface area contributed by atoms with Gasteiger partial charge in [0, 0.05) is 23.4 Å². The number of likely N-dealkylation sites (tertiary alicyclic amines) is 1. The average molecular weight is 508 g/mol. The lowest BCUT2D eigenvalue weighted by Crippen LogP contribution is -2.39. The number of hydrogen-bond donors (Lipinski definition) is 1. The molecule has 3 heterocycles. The predicted molar refractivity (Wildman–Crippen MR) is 137 cm³/mol. The molecule has 196 valence electrons. The van der Waals surface area contributed by atoms with Gasteiger partial charge in [-0.3, -0.25) is 4.79 Å². The standard InChI is InChI=1S/C29H34FN3O4/c30-22-4-7-24-26(17-22)37-32-29(24)21-10-13-33(14-11-21)12-9-19-1-5-23(6-2-19)31-28(34)16-20-3-8-25-27(15-20)36-18-35-25/h3-4,7-8,15,17,19,21,23H,1-2,5-6,9-14,16,18H2,(H,31,34). The van der Waals surface area contributed by atoms with Crippen molar-refractivity contribution in [1.82, 2.24) is 15.4 Å². The highest BCUT2D eigenvalue weighted by Crippen LogP contribution is 2.34. The summed E-state index contributed by atoms with van der Waals surface area (Å²) in [5, 5.41) is 8.45. The van der Waals surface area contributed by atoms with Gasteiger partial charge in [-0.25, -0.2) is 4.39 Å². The molecule has 37 heavy (non-hydrogen) atoms.